The van der Waals surface area contributed by atoms with E-state index < -0.39 is 0 Å². The summed E-state index contributed by atoms with van der Waals surface area (Å²) in [6.45, 7) is 3.80. The maximum Gasteiger partial charge on any atom is 0.128 e. The van der Waals surface area contributed by atoms with Crippen molar-refractivity contribution in [3.63, 3.8) is 0 Å². The minimum Gasteiger partial charge on any atom is -0.378 e. The van der Waals surface area contributed by atoms with Crippen molar-refractivity contribution in [3.05, 3.63) is 65.0 Å². The fraction of sp³-hybridized carbons (Fsp3) is 0.188. The molecule has 1 N–H and O–H groups in total. The van der Waals surface area contributed by atoms with E-state index in [1.165, 1.54) is 6.07 Å². The Hall–Kier alpha value is -2.34. The van der Waals surface area contributed by atoms with Gasteiger partial charge in [0.15, 0.2) is 0 Å². The molecular weight excluding hydrogens is 239 g/mol. The molecule has 0 heterocycles. The van der Waals surface area contributed by atoms with E-state index in [0.717, 1.165) is 11.3 Å². The van der Waals surface area contributed by atoms with Gasteiger partial charge in [-0.2, -0.15) is 5.26 Å². The minimum absolute atomic E-state index is 0.131. The van der Waals surface area contributed by atoms with Crippen molar-refractivity contribution in [2.45, 2.75) is 19.9 Å². The molecule has 19 heavy (non-hydrogen) atoms. The topological polar surface area (TPSA) is 35.8 Å². The molecule has 2 aromatic carbocycles. The molecular formula is C16H15FN2. The van der Waals surface area contributed by atoms with Gasteiger partial charge < -0.3 is 5.32 Å². The SMILES string of the molecule is Cc1cc(NC(C)c2ccccc2F)ccc1C#N. The summed E-state index contributed by atoms with van der Waals surface area (Å²) in [5, 5.41) is 12.1. The van der Waals surface area contributed by atoms with Crippen molar-refractivity contribution in [2.75, 3.05) is 5.32 Å². The third-order valence-corrected chi connectivity index (χ3v) is 3.10. The van der Waals surface area contributed by atoms with E-state index in [2.05, 4.69) is 11.4 Å². The molecule has 0 aliphatic carbocycles. The average Bonchev–Trinajstić information content (AvgIpc) is 2.39. The second-order valence-corrected chi connectivity index (χ2v) is 4.53. The fourth-order valence-corrected chi connectivity index (χ4v) is 2.03. The highest BCUT2D eigenvalue weighted by Gasteiger charge is 2.10. The molecule has 96 valence electrons. The molecule has 2 nitrogen and oxygen atoms in total. The van der Waals surface area contributed by atoms with Crippen LogP contribution < -0.4 is 5.32 Å². The number of hydrogen-bond donors (Lipinski definition) is 1. The van der Waals surface area contributed by atoms with E-state index >= 15 is 0 Å². The van der Waals surface area contributed by atoms with Crippen LogP contribution in [0.2, 0.25) is 0 Å². The van der Waals surface area contributed by atoms with Crippen molar-refractivity contribution in [2.24, 2.45) is 0 Å². The Bertz CT molecular complexity index is 629. The Kier molecular flexibility index (Phi) is 3.82. The lowest BCUT2D eigenvalue weighted by atomic mass is 10.1. The van der Waals surface area contributed by atoms with Gasteiger partial charge in [-0.25, -0.2) is 4.39 Å². The van der Waals surface area contributed by atoms with Crippen molar-refractivity contribution in [1.82, 2.24) is 0 Å². The predicted molar refractivity (Wildman–Crippen MR) is 74.3 cm³/mol. The van der Waals surface area contributed by atoms with Crippen LogP contribution in [0.5, 0.6) is 0 Å². The molecule has 0 saturated heterocycles. The lowest BCUT2D eigenvalue weighted by Gasteiger charge is -2.17. The van der Waals surface area contributed by atoms with E-state index in [0.29, 0.717) is 11.1 Å². The maximum atomic E-state index is 13.7. The standard InChI is InChI=1S/C16H15FN2/c1-11-9-14(8-7-13(11)10-18)19-12(2)15-5-3-4-6-16(15)17/h3-9,12,19H,1-2H3. The second kappa shape index (κ2) is 5.53. The molecule has 0 radical (unpaired) electrons. The van der Waals surface area contributed by atoms with E-state index in [4.69, 9.17) is 5.26 Å². The van der Waals surface area contributed by atoms with Gasteiger partial charge in [0, 0.05) is 11.3 Å². The number of anilines is 1. The lowest BCUT2D eigenvalue weighted by Crippen LogP contribution is -2.08. The Morgan fingerprint density at radius 1 is 1.21 bits per heavy atom. The maximum absolute atomic E-state index is 13.7. The first kappa shape index (κ1) is 13.1. The lowest BCUT2D eigenvalue weighted by molar-refractivity contribution is 0.600. The third kappa shape index (κ3) is 2.92. The Morgan fingerprint density at radius 2 is 1.95 bits per heavy atom. The number of benzene rings is 2. The quantitative estimate of drug-likeness (QED) is 0.891. The van der Waals surface area contributed by atoms with Crippen molar-refractivity contribution >= 4 is 5.69 Å². The van der Waals surface area contributed by atoms with Crippen LogP contribution >= 0.6 is 0 Å². The normalized spacial score (nSPS) is 11.7. The molecule has 0 aromatic heterocycles. The summed E-state index contributed by atoms with van der Waals surface area (Å²) < 4.78 is 13.7. The molecule has 2 rings (SSSR count). The number of nitriles is 1. The highest BCUT2D eigenvalue weighted by Crippen LogP contribution is 2.23. The van der Waals surface area contributed by atoms with Gasteiger partial charge in [-0.1, -0.05) is 18.2 Å². The summed E-state index contributed by atoms with van der Waals surface area (Å²) in [6, 6.07) is 14.2. The van der Waals surface area contributed by atoms with Crippen LogP contribution in [0.3, 0.4) is 0 Å². The number of aryl methyl sites for hydroxylation is 1. The number of nitrogens with zero attached hydrogens (tertiary/aromatic N) is 1. The number of halogens is 1. The van der Waals surface area contributed by atoms with E-state index in [-0.39, 0.29) is 11.9 Å². The number of hydrogen-bond acceptors (Lipinski definition) is 2. The monoisotopic (exact) mass is 254 g/mol. The van der Waals surface area contributed by atoms with Crippen LogP contribution in [0.25, 0.3) is 0 Å². The average molecular weight is 254 g/mol. The summed E-state index contributed by atoms with van der Waals surface area (Å²) in [4.78, 5) is 0. The largest absolute Gasteiger partial charge is 0.378 e. The van der Waals surface area contributed by atoms with Gasteiger partial charge in [-0.15, -0.1) is 0 Å². The third-order valence-electron chi connectivity index (χ3n) is 3.10. The summed E-state index contributed by atoms with van der Waals surface area (Å²) in [5.74, 6) is -0.215. The number of rotatable bonds is 3. The van der Waals surface area contributed by atoms with Crippen LogP contribution in [0.4, 0.5) is 10.1 Å². The molecule has 0 aliphatic heterocycles. The Balaban J connectivity index is 2.20. The van der Waals surface area contributed by atoms with Crippen LogP contribution in [-0.2, 0) is 0 Å². The zero-order valence-electron chi connectivity index (χ0n) is 10.9. The fourth-order valence-electron chi connectivity index (χ4n) is 2.03. The Labute approximate surface area is 112 Å². The molecule has 3 heteroatoms. The first-order valence-electron chi connectivity index (χ1n) is 6.13. The first-order chi connectivity index (χ1) is 9.11. The summed E-state index contributed by atoms with van der Waals surface area (Å²) >= 11 is 0. The molecule has 2 aromatic rings. The molecule has 0 saturated carbocycles. The van der Waals surface area contributed by atoms with E-state index in [1.807, 2.05) is 32.0 Å². The van der Waals surface area contributed by atoms with Gasteiger partial charge in [0.2, 0.25) is 0 Å². The predicted octanol–water partition coefficient (Wildman–Crippen LogP) is 4.18. The van der Waals surface area contributed by atoms with Gasteiger partial charge in [-0.3, -0.25) is 0 Å². The van der Waals surface area contributed by atoms with Crippen LogP contribution in [0, 0.1) is 24.1 Å². The highest BCUT2D eigenvalue weighted by atomic mass is 19.1. The van der Waals surface area contributed by atoms with Crippen molar-refractivity contribution in [1.29, 1.82) is 5.26 Å². The molecule has 0 spiro atoms. The second-order valence-electron chi connectivity index (χ2n) is 4.53. The van der Waals surface area contributed by atoms with Crippen LogP contribution in [-0.4, -0.2) is 0 Å². The Morgan fingerprint density at radius 3 is 2.58 bits per heavy atom. The van der Waals surface area contributed by atoms with Gasteiger partial charge in [0.1, 0.15) is 5.82 Å². The molecule has 0 bridgehead atoms. The molecule has 1 unspecified atom stereocenters. The highest BCUT2D eigenvalue weighted by molar-refractivity contribution is 5.52. The molecule has 1 atom stereocenters. The smallest absolute Gasteiger partial charge is 0.128 e. The van der Waals surface area contributed by atoms with Gasteiger partial charge in [0.05, 0.1) is 17.7 Å². The van der Waals surface area contributed by atoms with Crippen LogP contribution in [0.1, 0.15) is 29.7 Å². The van der Waals surface area contributed by atoms with Gasteiger partial charge in [-0.05, 0) is 43.7 Å². The molecule has 0 amide bonds. The molecule has 0 aliphatic rings. The van der Waals surface area contributed by atoms with E-state index in [9.17, 15) is 4.39 Å². The summed E-state index contributed by atoms with van der Waals surface area (Å²) in [6.07, 6.45) is 0. The molecule has 0 fully saturated rings. The van der Waals surface area contributed by atoms with Gasteiger partial charge >= 0.3 is 0 Å². The summed E-state index contributed by atoms with van der Waals surface area (Å²) in [7, 11) is 0. The van der Waals surface area contributed by atoms with Crippen molar-refractivity contribution < 1.29 is 4.39 Å². The summed E-state index contributed by atoms with van der Waals surface area (Å²) in [5.41, 5.74) is 3.08. The minimum atomic E-state index is -0.215. The van der Waals surface area contributed by atoms with Crippen LogP contribution in [0.15, 0.2) is 42.5 Å². The number of nitrogens with one attached hydrogen (secondary N) is 1. The van der Waals surface area contributed by atoms with Gasteiger partial charge in [0.25, 0.3) is 0 Å². The zero-order valence-corrected chi connectivity index (χ0v) is 10.9. The van der Waals surface area contributed by atoms with Crippen molar-refractivity contribution in [3.8, 4) is 6.07 Å². The zero-order chi connectivity index (χ0) is 13.8. The van der Waals surface area contributed by atoms with E-state index in [1.54, 1.807) is 18.2 Å². The first-order valence-corrected chi connectivity index (χ1v) is 6.13.